The molecule has 1 rings (SSSR count). The van der Waals surface area contributed by atoms with Crippen molar-refractivity contribution in [3.05, 3.63) is 23.8 Å². The number of amides is 1. The van der Waals surface area contributed by atoms with Gasteiger partial charge in [-0.3, -0.25) is 4.79 Å². The number of ether oxygens (including phenoxy) is 2. The highest BCUT2D eigenvalue weighted by atomic mass is 16.5. The first-order valence-electron chi connectivity index (χ1n) is 5.95. The number of carbonyl (C=O) groups is 2. The molecule has 0 fully saturated rings. The van der Waals surface area contributed by atoms with Crippen molar-refractivity contribution in [2.75, 3.05) is 26.0 Å². The Balaban J connectivity index is 2.60. The van der Waals surface area contributed by atoms with E-state index in [0.717, 1.165) is 6.42 Å². The Morgan fingerprint density at radius 1 is 1.37 bits per heavy atom. The molecule has 1 aromatic rings. The first-order valence-corrected chi connectivity index (χ1v) is 5.95. The summed E-state index contributed by atoms with van der Waals surface area (Å²) in [4.78, 5) is 22.6. The van der Waals surface area contributed by atoms with Gasteiger partial charge in [-0.25, -0.2) is 4.79 Å². The largest absolute Gasteiger partial charge is 0.482 e. The first kappa shape index (κ1) is 14.8. The summed E-state index contributed by atoms with van der Waals surface area (Å²) in [6.07, 6.45) is 0.863. The summed E-state index contributed by atoms with van der Waals surface area (Å²) in [6, 6.07) is 4.52. The number of nitrogen functional groups attached to an aromatic ring is 1. The second kappa shape index (κ2) is 7.25. The van der Waals surface area contributed by atoms with Gasteiger partial charge in [0, 0.05) is 6.54 Å². The Bertz CT molecular complexity index is 460. The highest BCUT2D eigenvalue weighted by Gasteiger charge is 2.10. The maximum atomic E-state index is 11.4. The number of esters is 1. The molecule has 0 radical (unpaired) electrons. The molecule has 0 saturated carbocycles. The zero-order valence-electron chi connectivity index (χ0n) is 11.1. The molecule has 3 N–H and O–H groups in total. The van der Waals surface area contributed by atoms with Crippen LogP contribution in [0.15, 0.2) is 18.2 Å². The van der Waals surface area contributed by atoms with Crippen molar-refractivity contribution in [1.82, 2.24) is 5.32 Å². The van der Waals surface area contributed by atoms with E-state index in [0.29, 0.717) is 17.9 Å². The van der Waals surface area contributed by atoms with E-state index in [1.165, 1.54) is 25.3 Å². The number of anilines is 1. The Labute approximate surface area is 111 Å². The van der Waals surface area contributed by atoms with E-state index in [1.807, 2.05) is 6.92 Å². The Hall–Kier alpha value is -2.24. The van der Waals surface area contributed by atoms with Crippen molar-refractivity contribution >= 4 is 17.6 Å². The minimum absolute atomic E-state index is 0.109. The molecule has 6 nitrogen and oxygen atoms in total. The third-order valence-corrected chi connectivity index (χ3v) is 2.36. The van der Waals surface area contributed by atoms with Crippen LogP contribution in [-0.4, -0.2) is 32.1 Å². The van der Waals surface area contributed by atoms with Gasteiger partial charge < -0.3 is 20.5 Å². The van der Waals surface area contributed by atoms with Gasteiger partial charge in [-0.05, 0) is 24.6 Å². The van der Waals surface area contributed by atoms with Crippen molar-refractivity contribution in [3.8, 4) is 5.75 Å². The first-order chi connectivity index (χ1) is 9.08. The predicted octanol–water partition coefficient (Wildman–Crippen LogP) is 0.960. The molecular weight excluding hydrogens is 248 g/mol. The Kier molecular flexibility index (Phi) is 5.66. The Morgan fingerprint density at radius 2 is 2.11 bits per heavy atom. The molecule has 0 aliphatic heterocycles. The molecule has 0 aliphatic carbocycles. The van der Waals surface area contributed by atoms with Crippen LogP contribution in [0.5, 0.6) is 5.75 Å². The SMILES string of the molecule is CCCNC(=O)COc1ccc(C(=O)OC)cc1N. The lowest BCUT2D eigenvalue weighted by atomic mass is 10.2. The molecule has 1 aromatic carbocycles. The number of carbonyl (C=O) groups excluding carboxylic acids is 2. The fraction of sp³-hybridized carbons (Fsp3) is 0.385. The summed E-state index contributed by atoms with van der Waals surface area (Å²) in [7, 11) is 1.29. The smallest absolute Gasteiger partial charge is 0.337 e. The number of benzene rings is 1. The van der Waals surface area contributed by atoms with Crippen molar-refractivity contribution in [2.45, 2.75) is 13.3 Å². The zero-order chi connectivity index (χ0) is 14.3. The summed E-state index contributed by atoms with van der Waals surface area (Å²) in [5.74, 6) is -0.323. The van der Waals surface area contributed by atoms with E-state index < -0.39 is 5.97 Å². The average molecular weight is 266 g/mol. The van der Waals surface area contributed by atoms with Gasteiger partial charge in [0.2, 0.25) is 0 Å². The molecule has 0 spiro atoms. The van der Waals surface area contributed by atoms with Crippen LogP contribution < -0.4 is 15.8 Å². The van der Waals surface area contributed by atoms with E-state index in [2.05, 4.69) is 10.1 Å². The second-order valence-electron chi connectivity index (χ2n) is 3.88. The zero-order valence-corrected chi connectivity index (χ0v) is 11.1. The van der Waals surface area contributed by atoms with E-state index in [1.54, 1.807) is 0 Å². The molecule has 0 unspecified atom stereocenters. The molecule has 19 heavy (non-hydrogen) atoms. The number of hydrogen-bond donors (Lipinski definition) is 2. The third kappa shape index (κ3) is 4.50. The van der Waals surface area contributed by atoms with Crippen molar-refractivity contribution in [1.29, 1.82) is 0 Å². The second-order valence-corrected chi connectivity index (χ2v) is 3.88. The normalized spacial score (nSPS) is 9.79. The average Bonchev–Trinajstić information content (AvgIpc) is 2.42. The number of rotatable bonds is 6. The highest BCUT2D eigenvalue weighted by molar-refractivity contribution is 5.91. The quantitative estimate of drug-likeness (QED) is 0.591. The van der Waals surface area contributed by atoms with Gasteiger partial charge >= 0.3 is 5.97 Å². The summed E-state index contributed by atoms with van der Waals surface area (Å²) >= 11 is 0. The standard InChI is InChI=1S/C13H18N2O4/c1-3-6-15-12(16)8-19-11-5-4-9(7-10(11)14)13(17)18-2/h4-5,7H,3,6,8,14H2,1-2H3,(H,15,16). The number of methoxy groups -OCH3 is 1. The van der Waals surface area contributed by atoms with Crippen LogP contribution in [0, 0.1) is 0 Å². The van der Waals surface area contributed by atoms with E-state index in [-0.39, 0.29) is 18.2 Å². The number of nitrogens with two attached hydrogens (primary N) is 1. The lowest BCUT2D eigenvalue weighted by Gasteiger charge is -2.10. The van der Waals surface area contributed by atoms with Gasteiger partial charge in [0.15, 0.2) is 6.61 Å². The van der Waals surface area contributed by atoms with Crippen LogP contribution in [-0.2, 0) is 9.53 Å². The minimum Gasteiger partial charge on any atom is -0.482 e. The van der Waals surface area contributed by atoms with Gasteiger partial charge in [0.1, 0.15) is 5.75 Å². The van der Waals surface area contributed by atoms with Crippen molar-refractivity contribution in [2.24, 2.45) is 0 Å². The van der Waals surface area contributed by atoms with Crippen molar-refractivity contribution < 1.29 is 19.1 Å². The summed E-state index contributed by atoms with van der Waals surface area (Å²) in [5, 5.41) is 2.68. The molecule has 6 heteroatoms. The molecule has 1 amide bonds. The monoisotopic (exact) mass is 266 g/mol. The Morgan fingerprint density at radius 3 is 2.68 bits per heavy atom. The molecule has 0 aromatic heterocycles. The van der Waals surface area contributed by atoms with E-state index >= 15 is 0 Å². The molecule has 0 saturated heterocycles. The number of hydrogen-bond acceptors (Lipinski definition) is 5. The van der Waals surface area contributed by atoms with Gasteiger partial charge in [-0.2, -0.15) is 0 Å². The summed E-state index contributed by atoms with van der Waals surface area (Å²) in [5.41, 5.74) is 6.36. The molecule has 104 valence electrons. The van der Waals surface area contributed by atoms with Crippen LogP contribution in [0.3, 0.4) is 0 Å². The van der Waals surface area contributed by atoms with Gasteiger partial charge in [0.05, 0.1) is 18.4 Å². The molecule has 0 bridgehead atoms. The minimum atomic E-state index is -0.473. The third-order valence-electron chi connectivity index (χ3n) is 2.36. The van der Waals surface area contributed by atoms with Crippen LogP contribution in [0.25, 0.3) is 0 Å². The van der Waals surface area contributed by atoms with Crippen LogP contribution in [0.2, 0.25) is 0 Å². The fourth-order valence-corrected chi connectivity index (χ4v) is 1.38. The van der Waals surface area contributed by atoms with Crippen molar-refractivity contribution in [3.63, 3.8) is 0 Å². The van der Waals surface area contributed by atoms with E-state index in [4.69, 9.17) is 10.5 Å². The summed E-state index contributed by atoms with van der Waals surface area (Å²) < 4.78 is 9.85. The van der Waals surface area contributed by atoms with Gasteiger partial charge in [-0.1, -0.05) is 6.92 Å². The molecular formula is C13H18N2O4. The number of nitrogens with one attached hydrogen (secondary N) is 1. The highest BCUT2D eigenvalue weighted by Crippen LogP contribution is 2.22. The predicted molar refractivity (Wildman–Crippen MR) is 71.0 cm³/mol. The maximum Gasteiger partial charge on any atom is 0.337 e. The lowest BCUT2D eigenvalue weighted by molar-refractivity contribution is -0.123. The van der Waals surface area contributed by atoms with E-state index in [9.17, 15) is 9.59 Å². The fourth-order valence-electron chi connectivity index (χ4n) is 1.38. The molecule has 0 heterocycles. The maximum absolute atomic E-state index is 11.4. The van der Waals surface area contributed by atoms with Gasteiger partial charge in [-0.15, -0.1) is 0 Å². The molecule has 0 aliphatic rings. The molecule has 0 atom stereocenters. The lowest BCUT2D eigenvalue weighted by Crippen LogP contribution is -2.29. The van der Waals surface area contributed by atoms with Gasteiger partial charge in [0.25, 0.3) is 5.91 Å². The topological polar surface area (TPSA) is 90.6 Å². The van der Waals surface area contributed by atoms with Crippen LogP contribution >= 0.6 is 0 Å². The van der Waals surface area contributed by atoms with Crippen LogP contribution in [0.1, 0.15) is 23.7 Å². The van der Waals surface area contributed by atoms with Crippen LogP contribution in [0.4, 0.5) is 5.69 Å². The summed E-state index contributed by atoms with van der Waals surface area (Å²) in [6.45, 7) is 2.46.